The molecule has 0 heterocycles. The molecule has 0 rings (SSSR count). The zero-order valence-electron chi connectivity index (χ0n) is 8.03. The predicted octanol–water partition coefficient (Wildman–Crippen LogP) is 3.81. The summed E-state index contributed by atoms with van der Waals surface area (Å²) in [5.41, 5.74) is 0. The third-order valence-corrected chi connectivity index (χ3v) is 7.38. The van der Waals surface area contributed by atoms with Crippen LogP contribution >= 0.6 is 0 Å². The van der Waals surface area contributed by atoms with Gasteiger partial charge in [0.05, 0.1) is 0 Å². The molecule has 0 atom stereocenters. The second-order valence-electron chi connectivity index (χ2n) is 3.07. The number of hydrogen-bond donors (Lipinski definition) is 0. The van der Waals surface area contributed by atoms with Crippen LogP contribution in [0.25, 0.3) is 0 Å². The molecule has 0 aromatic heterocycles. The first-order chi connectivity index (χ1) is 5.35. The quantitative estimate of drug-likeness (QED) is 0.565. The molecule has 0 aliphatic rings. The summed E-state index contributed by atoms with van der Waals surface area (Å²) in [6, 6.07) is 0. The Morgan fingerprint density at radius 2 is 1.55 bits per heavy atom. The van der Waals surface area contributed by atoms with Gasteiger partial charge in [0.1, 0.15) is 0 Å². The van der Waals surface area contributed by atoms with Crippen molar-refractivity contribution in [1.82, 2.24) is 0 Å². The van der Waals surface area contributed by atoms with Crippen LogP contribution in [-0.4, -0.2) is 14.3 Å². The predicted molar refractivity (Wildman–Crippen MR) is 55.4 cm³/mol. The number of unbranched alkanes of at least 4 members (excludes halogenated alkanes) is 2. The molecule has 0 aromatic rings. The first-order valence-corrected chi connectivity index (χ1v) is 9.00. The van der Waals surface area contributed by atoms with Crippen molar-refractivity contribution in [1.29, 1.82) is 0 Å². The van der Waals surface area contributed by atoms with Gasteiger partial charge in [0, 0.05) is 0 Å². The topological polar surface area (TPSA) is 0 Å². The second-order valence-corrected chi connectivity index (χ2v) is 8.79. The molecule has 0 saturated carbocycles. The van der Waals surface area contributed by atoms with Gasteiger partial charge in [-0.25, -0.2) is 0 Å². The van der Waals surface area contributed by atoms with Gasteiger partial charge in [-0.15, -0.1) is 0 Å². The van der Waals surface area contributed by atoms with Crippen molar-refractivity contribution in [3.05, 3.63) is 11.5 Å². The van der Waals surface area contributed by atoms with Crippen LogP contribution in [0.5, 0.6) is 0 Å². The molecule has 0 nitrogen and oxygen atoms in total. The van der Waals surface area contributed by atoms with Crippen LogP contribution in [0.1, 0.15) is 39.5 Å². The van der Waals surface area contributed by atoms with E-state index in [4.69, 9.17) is 0 Å². The first-order valence-electron chi connectivity index (χ1n) is 4.82. The second kappa shape index (κ2) is 8.38. The molecular formula is C10H21Ge. The van der Waals surface area contributed by atoms with E-state index in [1.54, 1.807) is 0 Å². The summed E-state index contributed by atoms with van der Waals surface area (Å²) in [5.74, 6) is 0. The average Bonchev–Trinajstić information content (AvgIpc) is 2.05. The molecule has 0 amide bonds. The fourth-order valence-corrected chi connectivity index (χ4v) is 5.91. The van der Waals surface area contributed by atoms with Gasteiger partial charge in [0.2, 0.25) is 0 Å². The van der Waals surface area contributed by atoms with Crippen LogP contribution < -0.4 is 0 Å². The van der Waals surface area contributed by atoms with E-state index in [1.807, 2.05) is 0 Å². The van der Waals surface area contributed by atoms with E-state index >= 15 is 0 Å². The van der Waals surface area contributed by atoms with E-state index in [0.29, 0.717) is 0 Å². The SMILES string of the molecule is C=[CH][Ge]([CH2]CCC)[CH2]CCC. The summed E-state index contributed by atoms with van der Waals surface area (Å²) >= 11 is -0.739. The van der Waals surface area contributed by atoms with E-state index < -0.39 is 14.3 Å². The summed E-state index contributed by atoms with van der Waals surface area (Å²) in [7, 11) is 0. The normalized spacial score (nSPS) is 10.5. The third kappa shape index (κ3) is 6.67. The molecule has 1 heteroatoms. The molecule has 0 N–H and O–H groups in total. The zero-order chi connectivity index (χ0) is 8.53. The fourth-order valence-electron chi connectivity index (χ4n) is 1.14. The number of rotatable bonds is 7. The van der Waals surface area contributed by atoms with Crippen LogP contribution in [0.3, 0.4) is 0 Å². The van der Waals surface area contributed by atoms with E-state index in [2.05, 4.69) is 25.3 Å². The summed E-state index contributed by atoms with van der Waals surface area (Å²) in [6.07, 6.45) is 5.59. The van der Waals surface area contributed by atoms with Gasteiger partial charge in [0.15, 0.2) is 0 Å². The van der Waals surface area contributed by atoms with E-state index in [-0.39, 0.29) is 0 Å². The Balaban J connectivity index is 3.33. The fraction of sp³-hybridized carbons (Fsp3) is 0.800. The molecule has 0 aromatic carbocycles. The van der Waals surface area contributed by atoms with Gasteiger partial charge >= 0.3 is 75.9 Å². The van der Waals surface area contributed by atoms with Crippen LogP contribution in [0.15, 0.2) is 11.5 Å². The number of hydrogen-bond acceptors (Lipinski definition) is 0. The molecule has 11 heavy (non-hydrogen) atoms. The molecule has 0 aliphatic carbocycles. The van der Waals surface area contributed by atoms with Crippen molar-refractivity contribution in [2.45, 2.75) is 50.0 Å². The molecule has 0 bridgehead atoms. The average molecular weight is 214 g/mol. The van der Waals surface area contributed by atoms with Crippen LogP contribution in [0, 0.1) is 0 Å². The van der Waals surface area contributed by atoms with Crippen LogP contribution in [0.4, 0.5) is 0 Å². The van der Waals surface area contributed by atoms with E-state index in [0.717, 1.165) is 0 Å². The molecule has 0 unspecified atom stereocenters. The maximum absolute atomic E-state index is 3.94. The molecule has 0 spiro atoms. The maximum atomic E-state index is 3.94. The first kappa shape index (κ1) is 11.3. The van der Waals surface area contributed by atoms with E-state index in [9.17, 15) is 0 Å². The Morgan fingerprint density at radius 3 is 1.82 bits per heavy atom. The van der Waals surface area contributed by atoms with Gasteiger partial charge in [-0.1, -0.05) is 0 Å². The Labute approximate surface area is 76.2 Å². The van der Waals surface area contributed by atoms with Gasteiger partial charge in [-0.2, -0.15) is 0 Å². The van der Waals surface area contributed by atoms with Gasteiger partial charge in [-0.05, 0) is 0 Å². The standard InChI is InChI=1S/C10H21Ge/c1-4-7-9-11(6-3)10-8-5-2/h6H,3-5,7-10H2,1-2H3. The van der Waals surface area contributed by atoms with Crippen molar-refractivity contribution in [2.24, 2.45) is 0 Å². The zero-order valence-corrected chi connectivity index (χ0v) is 10.1. The van der Waals surface area contributed by atoms with Crippen molar-refractivity contribution >= 4 is 14.3 Å². The Bertz CT molecular complexity index is 80.9. The van der Waals surface area contributed by atoms with Crippen molar-refractivity contribution < 1.29 is 0 Å². The molecule has 0 fully saturated rings. The summed E-state index contributed by atoms with van der Waals surface area (Å²) in [6.45, 7) is 8.49. The van der Waals surface area contributed by atoms with E-state index in [1.165, 1.54) is 36.2 Å². The Morgan fingerprint density at radius 1 is 1.09 bits per heavy atom. The van der Waals surface area contributed by atoms with Crippen molar-refractivity contribution in [3.63, 3.8) is 0 Å². The van der Waals surface area contributed by atoms with Gasteiger partial charge in [0.25, 0.3) is 0 Å². The summed E-state index contributed by atoms with van der Waals surface area (Å²) in [5, 5.41) is 3.03. The van der Waals surface area contributed by atoms with Gasteiger partial charge in [-0.3, -0.25) is 0 Å². The monoisotopic (exact) mass is 215 g/mol. The van der Waals surface area contributed by atoms with Crippen LogP contribution in [-0.2, 0) is 0 Å². The Hall–Kier alpha value is 0.283. The molecule has 0 aliphatic heterocycles. The van der Waals surface area contributed by atoms with Crippen molar-refractivity contribution in [2.75, 3.05) is 0 Å². The molecule has 65 valence electrons. The Kier molecular flexibility index (Phi) is 8.60. The molecular weight excluding hydrogens is 193 g/mol. The minimum absolute atomic E-state index is 0.739. The molecule has 1 radical (unpaired) electrons. The van der Waals surface area contributed by atoms with Crippen LogP contribution in [0.2, 0.25) is 10.5 Å². The summed E-state index contributed by atoms with van der Waals surface area (Å²) < 4.78 is 0. The minimum atomic E-state index is -0.739. The van der Waals surface area contributed by atoms with Gasteiger partial charge < -0.3 is 0 Å². The summed E-state index contributed by atoms with van der Waals surface area (Å²) in [4.78, 5) is 2.30. The third-order valence-electron chi connectivity index (χ3n) is 1.99. The van der Waals surface area contributed by atoms with Crippen molar-refractivity contribution in [3.8, 4) is 0 Å². The molecule has 0 saturated heterocycles.